The predicted molar refractivity (Wildman–Crippen MR) is 82.9 cm³/mol. The van der Waals surface area contributed by atoms with E-state index in [-0.39, 0.29) is 6.04 Å². The van der Waals surface area contributed by atoms with Crippen molar-refractivity contribution in [1.82, 2.24) is 0 Å². The highest BCUT2D eigenvalue weighted by Crippen LogP contribution is 2.31. The van der Waals surface area contributed by atoms with Gasteiger partial charge in [0.15, 0.2) is 0 Å². The maximum Gasteiger partial charge on any atom is 0.137 e. The van der Waals surface area contributed by atoms with Crippen molar-refractivity contribution in [2.45, 2.75) is 13.0 Å². The van der Waals surface area contributed by atoms with Crippen LogP contribution < -0.4 is 10.5 Å². The van der Waals surface area contributed by atoms with E-state index in [4.69, 9.17) is 22.1 Å². The summed E-state index contributed by atoms with van der Waals surface area (Å²) in [5, 5.41) is 0.587. The normalized spacial score (nSPS) is 12.3. The van der Waals surface area contributed by atoms with Gasteiger partial charge in [-0.3, -0.25) is 0 Å². The van der Waals surface area contributed by atoms with E-state index in [0.29, 0.717) is 10.8 Å². The Kier molecular flexibility index (Phi) is 4.50. The van der Waals surface area contributed by atoms with E-state index in [1.165, 1.54) is 0 Å². The molecule has 0 aliphatic heterocycles. The van der Waals surface area contributed by atoms with Crippen LogP contribution in [0.1, 0.15) is 22.7 Å². The molecule has 0 aliphatic carbocycles. The van der Waals surface area contributed by atoms with E-state index in [0.717, 1.165) is 21.2 Å². The van der Waals surface area contributed by atoms with E-state index in [1.54, 1.807) is 7.11 Å². The topological polar surface area (TPSA) is 35.2 Å². The second-order valence-electron chi connectivity index (χ2n) is 4.33. The minimum Gasteiger partial charge on any atom is -0.495 e. The van der Waals surface area contributed by atoms with Gasteiger partial charge in [-0.1, -0.05) is 45.7 Å². The zero-order chi connectivity index (χ0) is 14.0. The lowest BCUT2D eigenvalue weighted by Crippen LogP contribution is -2.13. The Morgan fingerprint density at radius 3 is 2.68 bits per heavy atom. The molecule has 4 heteroatoms. The highest BCUT2D eigenvalue weighted by molar-refractivity contribution is 9.10. The Morgan fingerprint density at radius 1 is 1.26 bits per heavy atom. The van der Waals surface area contributed by atoms with Gasteiger partial charge in [0.2, 0.25) is 0 Å². The lowest BCUT2D eigenvalue weighted by Gasteiger charge is -2.17. The van der Waals surface area contributed by atoms with Crippen molar-refractivity contribution in [1.29, 1.82) is 0 Å². The molecule has 0 heterocycles. The van der Waals surface area contributed by atoms with Crippen molar-refractivity contribution >= 4 is 27.5 Å². The second kappa shape index (κ2) is 5.95. The third-order valence-electron chi connectivity index (χ3n) is 3.18. The number of methoxy groups -OCH3 is 1. The minimum absolute atomic E-state index is 0.205. The highest BCUT2D eigenvalue weighted by Gasteiger charge is 2.14. The summed E-state index contributed by atoms with van der Waals surface area (Å²) in [7, 11) is 1.60. The van der Waals surface area contributed by atoms with Crippen molar-refractivity contribution in [3.05, 3.63) is 62.6 Å². The van der Waals surface area contributed by atoms with Gasteiger partial charge in [0.1, 0.15) is 5.75 Å². The molecule has 2 aromatic rings. The van der Waals surface area contributed by atoms with Gasteiger partial charge in [-0.25, -0.2) is 0 Å². The molecule has 0 spiro atoms. The van der Waals surface area contributed by atoms with Crippen LogP contribution in [0, 0.1) is 6.92 Å². The average molecular weight is 341 g/mol. The van der Waals surface area contributed by atoms with Crippen molar-refractivity contribution in [2.75, 3.05) is 7.11 Å². The predicted octanol–water partition coefficient (Wildman–Crippen LogP) is 4.47. The van der Waals surface area contributed by atoms with Gasteiger partial charge in [-0.15, -0.1) is 0 Å². The maximum absolute atomic E-state index is 6.34. The fraction of sp³-hybridized carbons (Fsp3) is 0.200. The first-order valence-corrected chi connectivity index (χ1v) is 7.05. The average Bonchev–Trinajstić information content (AvgIpc) is 2.41. The molecule has 0 saturated heterocycles. The monoisotopic (exact) mass is 339 g/mol. The van der Waals surface area contributed by atoms with Crippen LogP contribution >= 0.6 is 27.5 Å². The highest BCUT2D eigenvalue weighted by atomic mass is 79.9. The molecule has 0 amide bonds. The van der Waals surface area contributed by atoms with Gasteiger partial charge < -0.3 is 10.5 Å². The summed E-state index contributed by atoms with van der Waals surface area (Å²) in [5.74, 6) is 0.641. The van der Waals surface area contributed by atoms with Gasteiger partial charge in [0.25, 0.3) is 0 Å². The molecule has 0 saturated carbocycles. The summed E-state index contributed by atoms with van der Waals surface area (Å²) in [6, 6.07) is 11.4. The van der Waals surface area contributed by atoms with Crippen LogP contribution in [-0.2, 0) is 0 Å². The smallest absolute Gasteiger partial charge is 0.137 e. The van der Waals surface area contributed by atoms with Crippen LogP contribution in [0.3, 0.4) is 0 Å². The quantitative estimate of drug-likeness (QED) is 0.895. The fourth-order valence-electron chi connectivity index (χ4n) is 2.01. The molecule has 2 N–H and O–H groups in total. The first kappa shape index (κ1) is 14.4. The van der Waals surface area contributed by atoms with Crippen LogP contribution in [0.15, 0.2) is 40.9 Å². The number of ether oxygens (including phenoxy) is 1. The number of benzene rings is 2. The molecular weight excluding hydrogens is 326 g/mol. The molecule has 2 nitrogen and oxygen atoms in total. The van der Waals surface area contributed by atoms with E-state index in [9.17, 15) is 0 Å². The summed E-state index contributed by atoms with van der Waals surface area (Å²) < 4.78 is 6.29. The molecule has 0 fully saturated rings. The maximum atomic E-state index is 6.34. The van der Waals surface area contributed by atoms with Crippen molar-refractivity contribution in [3.8, 4) is 5.75 Å². The molecule has 0 aliphatic rings. The van der Waals surface area contributed by atoms with Crippen LogP contribution in [0.5, 0.6) is 5.75 Å². The van der Waals surface area contributed by atoms with Crippen molar-refractivity contribution in [3.63, 3.8) is 0 Å². The largest absolute Gasteiger partial charge is 0.495 e. The molecule has 100 valence electrons. The molecule has 2 aromatic carbocycles. The third kappa shape index (κ3) is 2.94. The van der Waals surface area contributed by atoms with Crippen LogP contribution in [0.4, 0.5) is 0 Å². The summed E-state index contributed by atoms with van der Waals surface area (Å²) >= 11 is 9.56. The molecule has 19 heavy (non-hydrogen) atoms. The number of nitrogens with two attached hydrogens (primary N) is 1. The zero-order valence-electron chi connectivity index (χ0n) is 10.8. The summed E-state index contributed by atoms with van der Waals surface area (Å²) in [4.78, 5) is 0. The Balaban J connectivity index is 2.44. The van der Waals surface area contributed by atoms with Gasteiger partial charge in [-0.2, -0.15) is 0 Å². The lowest BCUT2D eigenvalue weighted by molar-refractivity contribution is 0.414. The zero-order valence-corrected chi connectivity index (χ0v) is 13.1. The van der Waals surface area contributed by atoms with Gasteiger partial charge in [-0.05, 0) is 41.8 Å². The van der Waals surface area contributed by atoms with Crippen LogP contribution in [-0.4, -0.2) is 7.11 Å². The van der Waals surface area contributed by atoms with Crippen LogP contribution in [0.2, 0.25) is 5.02 Å². The first-order valence-electron chi connectivity index (χ1n) is 5.88. The standard InChI is InChI=1S/C15H15BrClNO/c1-9-11(4-3-5-12(9)16)15(18)10-6-7-13(17)14(8-10)19-2/h3-8,15H,18H2,1-2H3. The molecule has 0 aromatic heterocycles. The van der Waals surface area contributed by atoms with Crippen LogP contribution in [0.25, 0.3) is 0 Å². The summed E-state index contributed by atoms with van der Waals surface area (Å²) in [6.45, 7) is 2.05. The SMILES string of the molecule is COc1cc(C(N)c2cccc(Br)c2C)ccc1Cl. The number of rotatable bonds is 3. The molecule has 2 rings (SSSR count). The molecule has 1 atom stereocenters. The number of halogens is 2. The molecule has 0 radical (unpaired) electrons. The Bertz CT molecular complexity index is 601. The molecular formula is C15H15BrClNO. The van der Waals surface area contributed by atoms with E-state index >= 15 is 0 Å². The third-order valence-corrected chi connectivity index (χ3v) is 4.35. The molecule has 0 bridgehead atoms. The van der Waals surface area contributed by atoms with Gasteiger partial charge >= 0.3 is 0 Å². The van der Waals surface area contributed by atoms with E-state index in [2.05, 4.69) is 15.9 Å². The van der Waals surface area contributed by atoms with Crippen molar-refractivity contribution < 1.29 is 4.74 Å². The van der Waals surface area contributed by atoms with E-state index < -0.39 is 0 Å². The Labute approximate surface area is 126 Å². The van der Waals surface area contributed by atoms with Gasteiger partial charge in [0.05, 0.1) is 18.2 Å². The fourth-order valence-corrected chi connectivity index (χ4v) is 2.59. The number of hydrogen-bond donors (Lipinski definition) is 1. The second-order valence-corrected chi connectivity index (χ2v) is 5.59. The lowest BCUT2D eigenvalue weighted by atomic mass is 9.96. The van der Waals surface area contributed by atoms with Crippen molar-refractivity contribution in [2.24, 2.45) is 5.73 Å². The Morgan fingerprint density at radius 2 is 2.00 bits per heavy atom. The molecule has 1 unspecified atom stereocenters. The summed E-state index contributed by atoms with van der Waals surface area (Å²) in [5.41, 5.74) is 9.54. The summed E-state index contributed by atoms with van der Waals surface area (Å²) in [6.07, 6.45) is 0. The van der Waals surface area contributed by atoms with E-state index in [1.807, 2.05) is 43.3 Å². The van der Waals surface area contributed by atoms with Gasteiger partial charge in [0, 0.05) is 4.47 Å². The number of hydrogen-bond acceptors (Lipinski definition) is 2. The minimum atomic E-state index is -0.205. The first-order chi connectivity index (χ1) is 9.04. The Hall–Kier alpha value is -1.03.